The molecule has 1 aliphatic heterocycles. The van der Waals surface area contributed by atoms with Crippen molar-refractivity contribution in [2.45, 2.75) is 50.2 Å². The highest BCUT2D eigenvalue weighted by Crippen LogP contribution is 2.43. The molecule has 0 radical (unpaired) electrons. The van der Waals surface area contributed by atoms with Crippen LogP contribution >= 0.6 is 0 Å². The Morgan fingerprint density at radius 1 is 1.00 bits per heavy atom. The fourth-order valence-corrected chi connectivity index (χ4v) is 5.84. The molecule has 5 rings (SSSR count). The lowest BCUT2D eigenvalue weighted by Gasteiger charge is -2.27. The number of nitrogens with one attached hydrogen (secondary N) is 1. The van der Waals surface area contributed by atoms with Crippen LogP contribution in [0, 0.1) is 0 Å². The molecule has 4 aromatic rings. The van der Waals surface area contributed by atoms with Crippen molar-refractivity contribution in [1.29, 1.82) is 0 Å². The minimum atomic E-state index is -4.64. The predicted molar refractivity (Wildman–Crippen MR) is 137 cm³/mol. The highest BCUT2D eigenvalue weighted by atomic mass is 32.2. The van der Waals surface area contributed by atoms with Gasteiger partial charge in [-0.05, 0) is 59.9 Å². The minimum Gasteiger partial charge on any atom is -0.338 e. The quantitative estimate of drug-likeness (QED) is 0.317. The van der Waals surface area contributed by atoms with Crippen LogP contribution in [0.1, 0.15) is 44.0 Å². The van der Waals surface area contributed by atoms with Gasteiger partial charge in [-0.25, -0.2) is 13.4 Å². The standard InChI is InChI=1S/C27H25F3N4O2S/c1-4-26(2,3)18-8-10-19(11-9-18)37(35,36)34-16-17-7-14-23(27(28,29)30)33-25(17)32-22-13-12-21-20(24(22)34)6-5-15-31-21/h5-15H,4,16H2,1-3H3,(H,32,33). The summed E-state index contributed by atoms with van der Waals surface area (Å²) >= 11 is 0. The molecule has 1 N–H and O–H groups in total. The minimum absolute atomic E-state index is 0.0444. The molecule has 37 heavy (non-hydrogen) atoms. The summed E-state index contributed by atoms with van der Waals surface area (Å²) in [4.78, 5) is 8.21. The Bertz CT molecular complexity index is 1600. The molecule has 0 fully saturated rings. The van der Waals surface area contributed by atoms with Gasteiger partial charge in [0.05, 0.1) is 28.3 Å². The molecule has 0 spiro atoms. The first-order valence-corrected chi connectivity index (χ1v) is 13.2. The van der Waals surface area contributed by atoms with E-state index in [0.717, 1.165) is 18.1 Å². The Kier molecular flexibility index (Phi) is 5.90. The molecular formula is C27H25F3N4O2S. The maximum atomic E-state index is 14.1. The Morgan fingerprint density at radius 3 is 2.41 bits per heavy atom. The Balaban J connectivity index is 1.70. The fourth-order valence-electron chi connectivity index (χ4n) is 4.36. The second-order valence-corrected chi connectivity index (χ2v) is 11.5. The molecule has 1 aliphatic rings. The van der Waals surface area contributed by atoms with Crippen LogP contribution in [0.3, 0.4) is 0 Å². The molecule has 0 saturated carbocycles. The Morgan fingerprint density at radius 2 is 1.73 bits per heavy atom. The van der Waals surface area contributed by atoms with Crippen LogP contribution < -0.4 is 9.62 Å². The smallest absolute Gasteiger partial charge is 0.338 e. The van der Waals surface area contributed by atoms with Crippen LogP contribution in [0.4, 0.5) is 30.4 Å². The summed E-state index contributed by atoms with van der Waals surface area (Å²) in [6.45, 7) is 6.04. The highest BCUT2D eigenvalue weighted by Gasteiger charge is 2.36. The third kappa shape index (κ3) is 4.39. The second-order valence-electron chi connectivity index (χ2n) is 9.63. The second kappa shape index (κ2) is 8.72. The maximum absolute atomic E-state index is 14.1. The number of alkyl halides is 3. The monoisotopic (exact) mass is 526 g/mol. The molecule has 0 amide bonds. The molecule has 6 nitrogen and oxygen atoms in total. The lowest BCUT2D eigenvalue weighted by molar-refractivity contribution is -0.141. The first-order chi connectivity index (χ1) is 17.4. The van der Waals surface area contributed by atoms with Crippen LogP contribution in [0.15, 0.2) is 71.8 Å². The number of anilines is 3. The van der Waals surface area contributed by atoms with Gasteiger partial charge in [0, 0.05) is 17.1 Å². The SMILES string of the molecule is CCC(C)(C)c1ccc(S(=O)(=O)N2Cc3ccc(C(F)(F)F)nc3Nc3ccc4ncccc4c32)cc1. The molecular weight excluding hydrogens is 501 g/mol. The molecule has 10 heteroatoms. The topological polar surface area (TPSA) is 75.2 Å². The number of benzene rings is 2. The molecule has 2 aromatic heterocycles. The van der Waals surface area contributed by atoms with E-state index in [4.69, 9.17) is 0 Å². The fraction of sp³-hybridized carbons (Fsp3) is 0.259. The largest absolute Gasteiger partial charge is 0.433 e. The van der Waals surface area contributed by atoms with Gasteiger partial charge in [-0.3, -0.25) is 9.29 Å². The lowest BCUT2D eigenvalue weighted by atomic mass is 9.82. The summed E-state index contributed by atoms with van der Waals surface area (Å²) < 4.78 is 69.6. The van der Waals surface area contributed by atoms with E-state index in [2.05, 4.69) is 36.1 Å². The maximum Gasteiger partial charge on any atom is 0.433 e. The lowest BCUT2D eigenvalue weighted by Crippen LogP contribution is -2.30. The first kappa shape index (κ1) is 25.0. The molecule has 0 aliphatic carbocycles. The van der Waals surface area contributed by atoms with Crippen molar-refractivity contribution in [2.24, 2.45) is 0 Å². The van der Waals surface area contributed by atoms with Gasteiger partial charge < -0.3 is 5.32 Å². The van der Waals surface area contributed by atoms with Gasteiger partial charge >= 0.3 is 6.18 Å². The van der Waals surface area contributed by atoms with E-state index < -0.39 is 21.9 Å². The van der Waals surface area contributed by atoms with Gasteiger partial charge in [-0.15, -0.1) is 0 Å². The number of hydrogen-bond donors (Lipinski definition) is 1. The van der Waals surface area contributed by atoms with Crippen molar-refractivity contribution in [2.75, 3.05) is 9.62 Å². The number of pyridine rings is 2. The molecule has 0 atom stereocenters. The number of rotatable bonds is 4. The summed E-state index contributed by atoms with van der Waals surface area (Å²) in [5.41, 5.74) is 1.31. The number of sulfonamides is 1. The zero-order chi connectivity index (χ0) is 26.6. The first-order valence-electron chi connectivity index (χ1n) is 11.8. The van der Waals surface area contributed by atoms with E-state index in [0.29, 0.717) is 27.8 Å². The van der Waals surface area contributed by atoms with Crippen molar-refractivity contribution >= 4 is 38.1 Å². The van der Waals surface area contributed by atoms with Gasteiger partial charge in [0.2, 0.25) is 0 Å². The highest BCUT2D eigenvalue weighted by molar-refractivity contribution is 7.92. The zero-order valence-corrected chi connectivity index (χ0v) is 21.3. The molecule has 0 saturated heterocycles. The third-order valence-corrected chi connectivity index (χ3v) is 8.71. The number of nitrogens with zero attached hydrogens (tertiary/aromatic N) is 3. The predicted octanol–water partition coefficient (Wildman–Crippen LogP) is 6.79. The molecule has 2 aromatic carbocycles. The van der Waals surface area contributed by atoms with E-state index in [9.17, 15) is 21.6 Å². The molecule has 3 heterocycles. The number of hydrogen-bond acceptors (Lipinski definition) is 5. The van der Waals surface area contributed by atoms with E-state index in [-0.39, 0.29) is 22.7 Å². The number of fused-ring (bicyclic) bond motifs is 4. The van der Waals surface area contributed by atoms with Crippen LogP contribution in [-0.2, 0) is 28.2 Å². The van der Waals surface area contributed by atoms with E-state index in [1.165, 1.54) is 10.4 Å². The normalized spacial score (nSPS) is 14.1. The van der Waals surface area contributed by atoms with Gasteiger partial charge in [0.1, 0.15) is 11.5 Å². The van der Waals surface area contributed by atoms with Crippen LogP contribution in [-0.4, -0.2) is 18.4 Å². The molecule has 0 unspecified atom stereocenters. The number of aromatic nitrogens is 2. The molecule has 192 valence electrons. The average Bonchev–Trinajstić information content (AvgIpc) is 3.05. The van der Waals surface area contributed by atoms with Crippen molar-refractivity contribution in [3.05, 3.63) is 83.7 Å². The van der Waals surface area contributed by atoms with E-state index in [1.54, 1.807) is 42.6 Å². The third-order valence-electron chi connectivity index (χ3n) is 6.95. The van der Waals surface area contributed by atoms with Gasteiger partial charge in [0.15, 0.2) is 0 Å². The Labute approximate surface area is 213 Å². The van der Waals surface area contributed by atoms with Crippen molar-refractivity contribution in [3.63, 3.8) is 0 Å². The zero-order valence-electron chi connectivity index (χ0n) is 20.5. The number of halogens is 3. The van der Waals surface area contributed by atoms with E-state index in [1.807, 2.05) is 12.1 Å². The van der Waals surface area contributed by atoms with Crippen molar-refractivity contribution in [1.82, 2.24) is 9.97 Å². The van der Waals surface area contributed by atoms with Crippen LogP contribution in [0.5, 0.6) is 0 Å². The van der Waals surface area contributed by atoms with E-state index >= 15 is 0 Å². The van der Waals surface area contributed by atoms with Crippen LogP contribution in [0.25, 0.3) is 10.9 Å². The van der Waals surface area contributed by atoms with Crippen molar-refractivity contribution < 1.29 is 21.6 Å². The summed E-state index contributed by atoms with van der Waals surface area (Å²) in [6.07, 6.45) is -2.16. The summed E-state index contributed by atoms with van der Waals surface area (Å²) in [6, 6.07) is 15.6. The molecule has 0 bridgehead atoms. The summed E-state index contributed by atoms with van der Waals surface area (Å²) in [5.74, 6) is -0.0444. The summed E-state index contributed by atoms with van der Waals surface area (Å²) in [7, 11) is -4.12. The van der Waals surface area contributed by atoms with Crippen LogP contribution in [0.2, 0.25) is 0 Å². The van der Waals surface area contributed by atoms with Gasteiger partial charge in [0.25, 0.3) is 10.0 Å². The van der Waals surface area contributed by atoms with Gasteiger partial charge in [-0.2, -0.15) is 13.2 Å². The summed E-state index contributed by atoms with van der Waals surface area (Å²) in [5, 5.41) is 3.50. The average molecular weight is 527 g/mol. The Hall–Kier alpha value is -3.66. The van der Waals surface area contributed by atoms with Gasteiger partial charge in [-0.1, -0.05) is 39.0 Å². The van der Waals surface area contributed by atoms with Crippen molar-refractivity contribution in [3.8, 4) is 0 Å².